The van der Waals surface area contributed by atoms with Gasteiger partial charge in [0.1, 0.15) is 29.6 Å². The van der Waals surface area contributed by atoms with Crippen LogP contribution in [0.15, 0.2) is 59.8 Å². The second-order valence-electron chi connectivity index (χ2n) is 19.9. The van der Waals surface area contributed by atoms with Gasteiger partial charge in [0.05, 0.1) is 108 Å². The normalized spacial score (nSPS) is 30.3. The Hall–Kier alpha value is -3.75. The Morgan fingerprint density at radius 3 is 2.51 bits per heavy atom. The van der Waals surface area contributed by atoms with E-state index in [9.17, 15) is 25.1 Å². The lowest BCUT2D eigenvalue weighted by molar-refractivity contribution is -0.358. The summed E-state index contributed by atoms with van der Waals surface area (Å²) in [5.41, 5.74) is 8.65. The van der Waals surface area contributed by atoms with E-state index >= 15 is 0 Å². The molecule has 6 aliphatic heterocycles. The number of pyridine rings is 1. The van der Waals surface area contributed by atoms with Crippen molar-refractivity contribution in [3.05, 3.63) is 65.9 Å². The van der Waals surface area contributed by atoms with E-state index in [1.807, 2.05) is 28.6 Å². The van der Waals surface area contributed by atoms with Crippen LogP contribution in [0.3, 0.4) is 0 Å². The standard InChI is InChI=1S/C52H73N5O13S/c1-34-22-42(65-31-34)11-13-52(61)12-10-38-25-45-48(38)69-46-8-7-43(68-50(46)49(45)70-52)26-40(58)23-37-24-44(66-33-37)27-41(59)30-56-51(60)67-32-35-2-5-39(6-3-35)57(71-47-9-4-36(28-54)29-55-47)15-17-63-19-21-64-20-18-62-16-14-53/h2-6,9,29,37-38,41-46,48-50,59,61H,1,7-8,10-27,30-33,53H2,(H,56,60)/t37?,38?,41?,42?,43?,44-,45?,46?,48?,49?,50-,52?/m0/s1. The maximum atomic E-state index is 13.5. The molecule has 18 nitrogen and oxygen atoms in total. The minimum Gasteiger partial charge on any atom is -0.445 e. The number of ketones is 1. The lowest BCUT2D eigenvalue weighted by Crippen LogP contribution is -2.68. The van der Waals surface area contributed by atoms with Crippen LogP contribution in [0.2, 0.25) is 0 Å². The van der Waals surface area contributed by atoms with Gasteiger partial charge in [0, 0.05) is 74.9 Å². The highest BCUT2D eigenvalue weighted by atomic mass is 32.2. The van der Waals surface area contributed by atoms with E-state index in [1.54, 1.807) is 12.1 Å². The van der Waals surface area contributed by atoms with Crippen LogP contribution in [0.4, 0.5) is 10.5 Å². The first-order chi connectivity index (χ1) is 34.5. The number of anilines is 1. The second kappa shape index (κ2) is 26.5. The Labute approximate surface area is 421 Å². The summed E-state index contributed by atoms with van der Waals surface area (Å²) in [6.07, 6.45) is 6.65. The van der Waals surface area contributed by atoms with Crippen molar-refractivity contribution in [1.82, 2.24) is 10.3 Å². The number of nitriles is 1. The molecule has 5 N–H and O–H groups in total. The first kappa shape index (κ1) is 53.5. The van der Waals surface area contributed by atoms with Crippen molar-refractivity contribution in [2.75, 3.05) is 76.8 Å². The van der Waals surface area contributed by atoms with E-state index in [1.165, 1.54) is 18.1 Å². The van der Waals surface area contributed by atoms with Gasteiger partial charge in [-0.3, -0.25) is 4.79 Å². The van der Waals surface area contributed by atoms with Gasteiger partial charge >= 0.3 is 6.09 Å². The summed E-state index contributed by atoms with van der Waals surface area (Å²) in [5.74, 6) is -0.494. The Balaban J connectivity index is 0.717. The molecular weight excluding hydrogens is 935 g/mol. The number of rotatable bonds is 27. The molecule has 10 unspecified atom stereocenters. The number of carbonyl (C=O) groups is 2. The highest BCUT2D eigenvalue weighted by Gasteiger charge is 2.60. The number of ether oxygens (including phenoxy) is 9. The third kappa shape index (κ3) is 15.6. The lowest BCUT2D eigenvalue weighted by atomic mass is 9.62. The third-order valence-corrected chi connectivity index (χ3v) is 15.5. The SMILES string of the molecule is C=C1COC(CCC2(O)CCC3CC4C3OC3CCC(CC(=O)CC5CO[C@H](CC(O)CNC(=O)OCc6ccc(N(CCOCCOCCOCCN)Sc7ccc(C#N)cn7)cc6)C5)O[C@@H]3C4O2)C1. The first-order valence-electron chi connectivity index (χ1n) is 25.6. The van der Waals surface area contributed by atoms with Crippen LogP contribution >= 0.6 is 11.9 Å². The Morgan fingerprint density at radius 1 is 0.958 bits per heavy atom. The van der Waals surface area contributed by atoms with E-state index in [0.29, 0.717) is 127 Å². The summed E-state index contributed by atoms with van der Waals surface area (Å²) in [6, 6.07) is 13.2. The molecule has 6 saturated heterocycles. The number of amides is 1. The van der Waals surface area contributed by atoms with Crippen molar-refractivity contribution in [2.45, 2.75) is 143 Å². The Bertz CT molecular complexity index is 2070. The third-order valence-electron chi connectivity index (χ3n) is 14.4. The number of nitrogens with zero attached hydrogens (tertiary/aromatic N) is 3. The smallest absolute Gasteiger partial charge is 0.407 e. The van der Waals surface area contributed by atoms with Crippen LogP contribution in [0.5, 0.6) is 0 Å². The van der Waals surface area contributed by atoms with E-state index in [-0.39, 0.29) is 73.5 Å². The quantitative estimate of drug-likeness (QED) is 0.0514. The number of fused-ring (bicyclic) bond motifs is 4. The molecule has 2 aromatic rings. The molecule has 71 heavy (non-hydrogen) atoms. The van der Waals surface area contributed by atoms with Gasteiger partial charge in [-0.25, -0.2) is 9.78 Å². The Morgan fingerprint density at radius 2 is 1.76 bits per heavy atom. The molecule has 19 heteroatoms. The van der Waals surface area contributed by atoms with E-state index in [0.717, 1.165) is 48.9 Å². The molecule has 1 saturated carbocycles. The predicted molar refractivity (Wildman–Crippen MR) is 261 cm³/mol. The maximum Gasteiger partial charge on any atom is 0.407 e. The molecule has 0 spiro atoms. The highest BCUT2D eigenvalue weighted by Crippen LogP contribution is 2.53. The number of Topliss-reactive ketones (excluding diaryl/α,β-unsaturated/α-hetero) is 1. The van der Waals surface area contributed by atoms with Crippen molar-refractivity contribution in [3.8, 4) is 6.07 Å². The van der Waals surface area contributed by atoms with Crippen LogP contribution < -0.4 is 15.4 Å². The van der Waals surface area contributed by atoms with Crippen LogP contribution in [0, 0.1) is 29.1 Å². The fourth-order valence-electron chi connectivity index (χ4n) is 10.7. The summed E-state index contributed by atoms with van der Waals surface area (Å²) in [5, 5.41) is 35.2. The van der Waals surface area contributed by atoms with E-state index in [2.05, 4.69) is 22.9 Å². The number of hydrogen-bond acceptors (Lipinski definition) is 18. The summed E-state index contributed by atoms with van der Waals surface area (Å²) < 4.78 is 56.0. The summed E-state index contributed by atoms with van der Waals surface area (Å²) in [4.78, 5) is 30.5. The fourth-order valence-corrected chi connectivity index (χ4v) is 11.6. The number of hydrogen-bond donors (Lipinski definition) is 4. The minimum atomic E-state index is -1.25. The predicted octanol–water partition coefficient (Wildman–Crippen LogP) is 5.15. The van der Waals surface area contributed by atoms with Gasteiger partial charge in [0.25, 0.3) is 0 Å². The van der Waals surface area contributed by atoms with Crippen molar-refractivity contribution in [2.24, 2.45) is 23.5 Å². The average Bonchev–Trinajstić information content (AvgIpc) is 4.00. The van der Waals surface area contributed by atoms with Gasteiger partial charge in [-0.2, -0.15) is 5.26 Å². The van der Waals surface area contributed by atoms with E-state index < -0.39 is 18.0 Å². The number of aromatic nitrogens is 1. The summed E-state index contributed by atoms with van der Waals surface area (Å²) in [6.45, 7) is 8.84. The fraction of sp³-hybridized carbons (Fsp3) is 0.692. The number of carbonyl (C=O) groups excluding carboxylic acids is 2. The van der Waals surface area contributed by atoms with E-state index in [4.69, 9.17) is 48.4 Å². The number of alkyl carbamates (subject to hydrolysis) is 1. The topological polar surface area (TPSA) is 236 Å². The maximum absolute atomic E-state index is 13.5. The number of benzene rings is 1. The molecule has 1 amide bonds. The zero-order valence-electron chi connectivity index (χ0n) is 40.8. The molecule has 7 aliphatic rings. The minimum absolute atomic E-state index is 0.00541. The molecule has 0 radical (unpaired) electrons. The van der Waals surface area contributed by atoms with Gasteiger partial charge in [-0.05, 0) is 92.2 Å². The monoisotopic (exact) mass is 1010 g/mol. The van der Waals surface area contributed by atoms with Gasteiger partial charge in [-0.1, -0.05) is 18.7 Å². The average molecular weight is 1010 g/mol. The number of nitrogens with one attached hydrogen (secondary N) is 1. The van der Waals surface area contributed by atoms with Gasteiger partial charge in [-0.15, -0.1) is 0 Å². The molecule has 390 valence electrons. The second-order valence-corrected chi connectivity index (χ2v) is 21.0. The highest BCUT2D eigenvalue weighted by molar-refractivity contribution is 8.00. The largest absolute Gasteiger partial charge is 0.445 e. The summed E-state index contributed by atoms with van der Waals surface area (Å²) in [7, 11) is 0. The molecule has 7 fully saturated rings. The van der Waals surface area contributed by atoms with Gasteiger partial charge < -0.3 is 68.2 Å². The molecule has 7 heterocycles. The van der Waals surface area contributed by atoms with Crippen LogP contribution in [-0.4, -0.2) is 154 Å². The number of aliphatic hydroxyl groups is 2. The lowest BCUT2D eigenvalue weighted by Gasteiger charge is -2.60. The number of aliphatic hydroxyl groups excluding tert-OH is 1. The van der Waals surface area contributed by atoms with Crippen molar-refractivity contribution >= 4 is 29.5 Å². The molecule has 1 aromatic heterocycles. The van der Waals surface area contributed by atoms with Crippen molar-refractivity contribution in [3.63, 3.8) is 0 Å². The number of nitrogens with two attached hydrogens (primary N) is 1. The molecule has 4 bridgehead atoms. The van der Waals surface area contributed by atoms with Crippen molar-refractivity contribution in [1.29, 1.82) is 5.26 Å². The molecule has 1 aliphatic carbocycles. The van der Waals surface area contributed by atoms with Gasteiger partial charge in [0.2, 0.25) is 0 Å². The molecule has 9 rings (SSSR count). The van der Waals surface area contributed by atoms with Crippen molar-refractivity contribution < 1.29 is 62.4 Å². The summed E-state index contributed by atoms with van der Waals surface area (Å²) >= 11 is 1.41. The molecule has 12 atom stereocenters. The molecule has 1 aromatic carbocycles. The Kier molecular flexibility index (Phi) is 20.0. The zero-order valence-corrected chi connectivity index (χ0v) is 41.6. The van der Waals surface area contributed by atoms with Gasteiger partial charge in [0.15, 0.2) is 5.79 Å². The van der Waals surface area contributed by atoms with Crippen LogP contribution in [-0.2, 0) is 54.0 Å². The van der Waals surface area contributed by atoms with Crippen LogP contribution in [0.1, 0.15) is 88.2 Å². The molecular formula is C52H73N5O13S. The zero-order chi connectivity index (χ0) is 49.6. The van der Waals surface area contributed by atoms with Crippen LogP contribution in [0.25, 0.3) is 0 Å². The first-order valence-corrected chi connectivity index (χ1v) is 26.4.